The third-order valence-electron chi connectivity index (χ3n) is 4.09. The van der Waals surface area contributed by atoms with Crippen LogP contribution < -0.4 is 10.3 Å². The normalized spacial score (nSPS) is 17.0. The fourth-order valence-electron chi connectivity index (χ4n) is 2.92. The molecule has 5 heteroatoms. The molecule has 3 rings (SSSR count). The van der Waals surface area contributed by atoms with Crippen LogP contribution in [0.25, 0.3) is 11.0 Å². The lowest BCUT2D eigenvalue weighted by atomic mass is 10.0. The number of anilines is 1. The third kappa shape index (κ3) is 2.68. The standard InChI is InChI=1S/C17H20BrNO3/c1-10-8-13(12(3)18)16-14(9-10)15(20)11(2)17(22-16)19-4-6-21-7-5-19/h8-9,12H,4-7H2,1-3H3. The van der Waals surface area contributed by atoms with Crippen LogP contribution in [0.3, 0.4) is 0 Å². The number of hydrogen-bond acceptors (Lipinski definition) is 4. The first kappa shape index (κ1) is 15.6. The van der Waals surface area contributed by atoms with Crippen LogP contribution >= 0.6 is 15.9 Å². The predicted molar refractivity (Wildman–Crippen MR) is 92.3 cm³/mol. The maximum Gasteiger partial charge on any atom is 0.203 e. The Balaban J connectivity index is 2.27. The Labute approximate surface area is 138 Å². The molecule has 1 unspecified atom stereocenters. The zero-order chi connectivity index (χ0) is 15.9. The monoisotopic (exact) mass is 365 g/mol. The summed E-state index contributed by atoms with van der Waals surface area (Å²) in [5.41, 5.74) is 3.50. The van der Waals surface area contributed by atoms with Crippen molar-refractivity contribution in [3.63, 3.8) is 0 Å². The van der Waals surface area contributed by atoms with Crippen molar-refractivity contribution in [2.45, 2.75) is 25.6 Å². The van der Waals surface area contributed by atoms with Crippen LogP contribution in [0.2, 0.25) is 0 Å². The Hall–Kier alpha value is -1.33. The molecule has 1 fully saturated rings. The quantitative estimate of drug-likeness (QED) is 0.761. The average Bonchev–Trinajstić information content (AvgIpc) is 2.51. The highest BCUT2D eigenvalue weighted by molar-refractivity contribution is 9.09. The number of rotatable bonds is 2. The number of ether oxygens (including phenoxy) is 1. The van der Waals surface area contributed by atoms with Gasteiger partial charge in [0.2, 0.25) is 5.88 Å². The van der Waals surface area contributed by atoms with Crippen LogP contribution in [-0.4, -0.2) is 26.3 Å². The Morgan fingerprint density at radius 2 is 1.91 bits per heavy atom. The van der Waals surface area contributed by atoms with E-state index in [1.54, 1.807) is 0 Å². The number of hydrogen-bond donors (Lipinski definition) is 0. The third-order valence-corrected chi connectivity index (χ3v) is 4.59. The molecular weight excluding hydrogens is 346 g/mol. The van der Waals surface area contributed by atoms with Gasteiger partial charge in [0.1, 0.15) is 5.58 Å². The fraction of sp³-hybridized carbons (Fsp3) is 0.471. The summed E-state index contributed by atoms with van der Waals surface area (Å²) >= 11 is 3.61. The first-order valence-corrected chi connectivity index (χ1v) is 8.45. The second-order valence-corrected chi connectivity index (χ2v) is 7.18. The molecule has 22 heavy (non-hydrogen) atoms. The van der Waals surface area contributed by atoms with Gasteiger partial charge in [0.05, 0.1) is 24.2 Å². The van der Waals surface area contributed by atoms with E-state index in [0.717, 1.165) is 24.2 Å². The van der Waals surface area contributed by atoms with Gasteiger partial charge >= 0.3 is 0 Å². The molecule has 1 aromatic carbocycles. The Bertz CT molecular complexity index is 761. The van der Waals surface area contributed by atoms with E-state index in [9.17, 15) is 4.79 Å². The molecule has 2 aromatic rings. The number of benzene rings is 1. The van der Waals surface area contributed by atoms with E-state index in [-0.39, 0.29) is 10.3 Å². The highest BCUT2D eigenvalue weighted by Crippen LogP contribution is 2.33. The maximum atomic E-state index is 12.8. The molecule has 1 saturated heterocycles. The molecule has 2 heterocycles. The Morgan fingerprint density at radius 3 is 2.55 bits per heavy atom. The topological polar surface area (TPSA) is 42.7 Å². The zero-order valence-electron chi connectivity index (χ0n) is 13.1. The van der Waals surface area contributed by atoms with Gasteiger partial charge in [0.15, 0.2) is 5.43 Å². The zero-order valence-corrected chi connectivity index (χ0v) is 14.7. The molecule has 118 valence electrons. The molecule has 1 aromatic heterocycles. The molecule has 1 atom stereocenters. The van der Waals surface area contributed by atoms with Crippen molar-refractivity contribution < 1.29 is 9.15 Å². The number of fused-ring (bicyclic) bond motifs is 1. The summed E-state index contributed by atoms with van der Waals surface area (Å²) in [6, 6.07) is 3.99. The summed E-state index contributed by atoms with van der Waals surface area (Å²) < 4.78 is 11.6. The maximum absolute atomic E-state index is 12.8. The number of aryl methyl sites for hydroxylation is 1. The van der Waals surface area contributed by atoms with E-state index in [1.807, 2.05) is 26.8 Å². The van der Waals surface area contributed by atoms with Crippen LogP contribution in [0.5, 0.6) is 0 Å². The molecule has 0 N–H and O–H groups in total. The van der Waals surface area contributed by atoms with Gasteiger partial charge in [-0.25, -0.2) is 0 Å². The molecule has 1 aliphatic heterocycles. The number of halogens is 1. The van der Waals surface area contributed by atoms with Crippen molar-refractivity contribution >= 4 is 32.8 Å². The molecule has 0 amide bonds. The molecule has 0 aliphatic carbocycles. The van der Waals surface area contributed by atoms with Crippen LogP contribution in [0, 0.1) is 13.8 Å². The van der Waals surface area contributed by atoms with Crippen molar-refractivity contribution in [3.8, 4) is 0 Å². The van der Waals surface area contributed by atoms with Crippen molar-refractivity contribution in [2.24, 2.45) is 0 Å². The van der Waals surface area contributed by atoms with Crippen LogP contribution in [0.4, 0.5) is 5.88 Å². The number of nitrogens with zero attached hydrogens (tertiary/aromatic N) is 1. The molecule has 1 aliphatic rings. The Morgan fingerprint density at radius 1 is 1.23 bits per heavy atom. The van der Waals surface area contributed by atoms with E-state index < -0.39 is 0 Å². The first-order chi connectivity index (χ1) is 10.5. The summed E-state index contributed by atoms with van der Waals surface area (Å²) in [5, 5.41) is 0.663. The largest absolute Gasteiger partial charge is 0.440 e. The van der Waals surface area contributed by atoms with Gasteiger partial charge in [0.25, 0.3) is 0 Å². The van der Waals surface area contributed by atoms with Gasteiger partial charge in [0, 0.05) is 23.5 Å². The van der Waals surface area contributed by atoms with Crippen molar-refractivity contribution in [2.75, 3.05) is 31.2 Å². The first-order valence-electron chi connectivity index (χ1n) is 7.53. The average molecular weight is 366 g/mol. The number of alkyl halides is 1. The molecule has 0 saturated carbocycles. The number of morpholine rings is 1. The van der Waals surface area contributed by atoms with Crippen LogP contribution in [0.15, 0.2) is 21.3 Å². The van der Waals surface area contributed by atoms with E-state index >= 15 is 0 Å². The summed E-state index contributed by atoms with van der Waals surface area (Å²) in [5.74, 6) is 0.680. The molecule has 0 radical (unpaired) electrons. The predicted octanol–water partition coefficient (Wildman–Crippen LogP) is 3.70. The van der Waals surface area contributed by atoms with E-state index in [0.29, 0.717) is 35.6 Å². The lowest BCUT2D eigenvalue weighted by molar-refractivity contribution is 0.120. The molecule has 4 nitrogen and oxygen atoms in total. The Kier molecular flexibility index (Phi) is 4.28. The summed E-state index contributed by atoms with van der Waals surface area (Å²) in [4.78, 5) is 15.0. The molecular formula is C17H20BrNO3. The minimum absolute atomic E-state index is 0.0563. The summed E-state index contributed by atoms with van der Waals surface area (Å²) in [6.45, 7) is 8.72. The second-order valence-electron chi connectivity index (χ2n) is 5.81. The van der Waals surface area contributed by atoms with Gasteiger partial charge in [-0.15, -0.1) is 0 Å². The minimum atomic E-state index is 0.0563. The van der Waals surface area contributed by atoms with Gasteiger partial charge in [-0.05, 0) is 32.4 Å². The lowest BCUT2D eigenvalue weighted by Gasteiger charge is -2.28. The van der Waals surface area contributed by atoms with Crippen molar-refractivity contribution in [1.82, 2.24) is 0 Å². The molecule has 0 bridgehead atoms. The van der Waals surface area contributed by atoms with Gasteiger partial charge in [-0.2, -0.15) is 0 Å². The SMILES string of the molecule is Cc1cc(C(C)Br)c2oc(N3CCOCC3)c(C)c(=O)c2c1. The van der Waals surface area contributed by atoms with Gasteiger partial charge in [-0.3, -0.25) is 4.79 Å². The van der Waals surface area contributed by atoms with E-state index in [2.05, 4.69) is 26.9 Å². The van der Waals surface area contributed by atoms with E-state index in [1.165, 1.54) is 0 Å². The van der Waals surface area contributed by atoms with Gasteiger partial charge in [-0.1, -0.05) is 22.0 Å². The lowest BCUT2D eigenvalue weighted by Crippen LogP contribution is -2.37. The fourth-order valence-corrected chi connectivity index (χ4v) is 3.26. The van der Waals surface area contributed by atoms with E-state index in [4.69, 9.17) is 9.15 Å². The van der Waals surface area contributed by atoms with Gasteiger partial charge < -0.3 is 14.1 Å². The van der Waals surface area contributed by atoms with Crippen LogP contribution in [-0.2, 0) is 4.74 Å². The minimum Gasteiger partial charge on any atom is -0.440 e. The smallest absolute Gasteiger partial charge is 0.203 e. The van der Waals surface area contributed by atoms with Crippen molar-refractivity contribution in [3.05, 3.63) is 39.0 Å². The highest BCUT2D eigenvalue weighted by Gasteiger charge is 2.21. The molecule has 0 spiro atoms. The summed E-state index contributed by atoms with van der Waals surface area (Å²) in [7, 11) is 0. The highest BCUT2D eigenvalue weighted by atomic mass is 79.9. The van der Waals surface area contributed by atoms with Crippen LogP contribution in [0.1, 0.15) is 28.4 Å². The van der Waals surface area contributed by atoms with Crippen molar-refractivity contribution in [1.29, 1.82) is 0 Å². The summed E-state index contributed by atoms with van der Waals surface area (Å²) in [6.07, 6.45) is 0. The second kappa shape index (κ2) is 6.05.